The van der Waals surface area contributed by atoms with E-state index in [1.165, 1.54) is 16.1 Å². The van der Waals surface area contributed by atoms with E-state index < -0.39 is 15.6 Å². The van der Waals surface area contributed by atoms with Crippen molar-refractivity contribution in [1.82, 2.24) is 3.97 Å². The summed E-state index contributed by atoms with van der Waals surface area (Å²) in [6.07, 6.45) is 0. The summed E-state index contributed by atoms with van der Waals surface area (Å²) in [4.78, 5) is 11.6. The van der Waals surface area contributed by atoms with E-state index in [1.807, 2.05) is 6.92 Å². The first-order valence-electron chi connectivity index (χ1n) is 7.01. The number of hydrogen-bond donors (Lipinski definition) is 0. The fourth-order valence-corrected chi connectivity index (χ4v) is 3.91. The van der Waals surface area contributed by atoms with Crippen LogP contribution in [0.25, 0.3) is 11.5 Å². The monoisotopic (exact) mass is 329 g/mol. The van der Waals surface area contributed by atoms with E-state index in [0.717, 1.165) is 5.56 Å². The lowest BCUT2D eigenvalue weighted by Gasteiger charge is -2.12. The van der Waals surface area contributed by atoms with E-state index in [4.69, 9.17) is 4.42 Å². The molecule has 5 nitrogen and oxygen atoms in total. The van der Waals surface area contributed by atoms with Gasteiger partial charge >= 0.3 is 5.63 Å². The topological polar surface area (TPSA) is 69.3 Å². The van der Waals surface area contributed by atoms with E-state index in [0.29, 0.717) is 11.4 Å². The van der Waals surface area contributed by atoms with E-state index in [2.05, 4.69) is 0 Å². The lowest BCUT2D eigenvalue weighted by atomic mass is 10.2. The molecule has 0 amide bonds. The van der Waals surface area contributed by atoms with Crippen molar-refractivity contribution in [2.75, 3.05) is 0 Å². The number of benzene rings is 1. The normalized spacial score (nSPS) is 11.6. The molecular formula is C17H15NO4S. The third kappa shape index (κ3) is 2.73. The number of aromatic nitrogens is 1. The molecule has 0 aliphatic carbocycles. The van der Waals surface area contributed by atoms with E-state index >= 15 is 0 Å². The first-order valence-corrected chi connectivity index (χ1v) is 8.45. The summed E-state index contributed by atoms with van der Waals surface area (Å²) in [6, 6.07) is 14.3. The maximum atomic E-state index is 12.9. The fourth-order valence-electron chi connectivity index (χ4n) is 2.37. The Labute approximate surface area is 133 Å². The Bertz CT molecular complexity index is 1010. The van der Waals surface area contributed by atoms with Gasteiger partial charge in [-0.1, -0.05) is 23.8 Å². The van der Waals surface area contributed by atoms with Crippen LogP contribution >= 0.6 is 0 Å². The van der Waals surface area contributed by atoms with Gasteiger partial charge in [0.2, 0.25) is 0 Å². The van der Waals surface area contributed by atoms with Crippen molar-refractivity contribution in [1.29, 1.82) is 0 Å². The van der Waals surface area contributed by atoms with Crippen LogP contribution in [0.2, 0.25) is 0 Å². The molecule has 0 unspecified atom stereocenters. The van der Waals surface area contributed by atoms with Crippen LogP contribution in [0.15, 0.2) is 68.7 Å². The summed E-state index contributed by atoms with van der Waals surface area (Å²) in [7, 11) is -3.78. The zero-order valence-corrected chi connectivity index (χ0v) is 13.5. The van der Waals surface area contributed by atoms with Crippen molar-refractivity contribution in [2.45, 2.75) is 18.7 Å². The van der Waals surface area contributed by atoms with Crippen molar-refractivity contribution < 1.29 is 12.8 Å². The molecule has 118 valence electrons. The second kappa shape index (κ2) is 5.55. The van der Waals surface area contributed by atoms with Gasteiger partial charge in [0.25, 0.3) is 10.0 Å². The standard InChI is InChI=1S/C17H15NO4S/c1-12-6-9-14(10-7-12)23(20,21)18-13(2)8-11-15(18)16-4-3-5-17(19)22-16/h3-11H,1-2H3. The second-order valence-corrected chi connectivity index (χ2v) is 7.04. The van der Waals surface area contributed by atoms with Crippen LogP contribution in [-0.4, -0.2) is 12.4 Å². The van der Waals surface area contributed by atoms with Crippen LogP contribution in [0, 0.1) is 13.8 Å². The van der Waals surface area contributed by atoms with Gasteiger partial charge in [0.1, 0.15) is 0 Å². The molecule has 0 spiro atoms. The summed E-state index contributed by atoms with van der Waals surface area (Å²) in [5, 5.41) is 0. The van der Waals surface area contributed by atoms with Crippen molar-refractivity contribution in [3.63, 3.8) is 0 Å². The molecule has 2 aromatic heterocycles. The maximum Gasteiger partial charge on any atom is 0.336 e. The summed E-state index contributed by atoms with van der Waals surface area (Å²) < 4.78 is 32.2. The Morgan fingerprint density at radius 3 is 2.26 bits per heavy atom. The Kier molecular flexibility index (Phi) is 3.69. The Morgan fingerprint density at radius 2 is 1.61 bits per heavy atom. The summed E-state index contributed by atoms with van der Waals surface area (Å²) in [6.45, 7) is 3.58. The zero-order chi connectivity index (χ0) is 16.6. The van der Waals surface area contributed by atoms with Crippen molar-refractivity contribution in [2.24, 2.45) is 0 Å². The Hall–Kier alpha value is -2.60. The van der Waals surface area contributed by atoms with Crippen LogP contribution in [0.5, 0.6) is 0 Å². The Morgan fingerprint density at radius 1 is 0.913 bits per heavy atom. The quantitative estimate of drug-likeness (QED) is 0.741. The smallest absolute Gasteiger partial charge is 0.336 e. The maximum absolute atomic E-state index is 12.9. The van der Waals surface area contributed by atoms with Gasteiger partial charge in [0.15, 0.2) is 5.76 Å². The van der Waals surface area contributed by atoms with Crippen LogP contribution in [-0.2, 0) is 10.0 Å². The highest BCUT2D eigenvalue weighted by Gasteiger charge is 2.23. The van der Waals surface area contributed by atoms with E-state index in [1.54, 1.807) is 49.4 Å². The second-order valence-electron chi connectivity index (χ2n) is 5.25. The SMILES string of the molecule is Cc1ccc(S(=O)(=O)n2c(C)ccc2-c2cccc(=O)o2)cc1. The molecule has 6 heteroatoms. The molecule has 0 radical (unpaired) electrons. The molecule has 0 saturated heterocycles. The molecular weight excluding hydrogens is 314 g/mol. The van der Waals surface area contributed by atoms with Crippen LogP contribution < -0.4 is 5.63 Å². The molecule has 23 heavy (non-hydrogen) atoms. The average Bonchev–Trinajstić information content (AvgIpc) is 2.90. The molecule has 0 aliphatic rings. The summed E-state index contributed by atoms with van der Waals surface area (Å²) in [5.74, 6) is 0.210. The minimum absolute atomic E-state index is 0.182. The molecule has 0 aliphatic heterocycles. The molecule has 0 saturated carbocycles. The molecule has 0 bridgehead atoms. The fraction of sp³-hybridized carbons (Fsp3) is 0.118. The molecule has 3 aromatic rings. The third-order valence-electron chi connectivity index (χ3n) is 3.52. The van der Waals surface area contributed by atoms with Gasteiger partial charge in [-0.25, -0.2) is 17.2 Å². The van der Waals surface area contributed by atoms with Crippen LogP contribution in [0.1, 0.15) is 11.3 Å². The first-order chi connectivity index (χ1) is 10.9. The van der Waals surface area contributed by atoms with E-state index in [-0.39, 0.29) is 10.7 Å². The number of rotatable bonds is 3. The number of nitrogens with zero attached hydrogens (tertiary/aromatic N) is 1. The zero-order valence-electron chi connectivity index (χ0n) is 12.7. The van der Waals surface area contributed by atoms with Crippen molar-refractivity contribution >= 4 is 10.0 Å². The molecule has 1 aromatic carbocycles. The van der Waals surface area contributed by atoms with Gasteiger partial charge in [-0.2, -0.15) is 0 Å². The van der Waals surface area contributed by atoms with Crippen LogP contribution in [0.3, 0.4) is 0 Å². The number of hydrogen-bond acceptors (Lipinski definition) is 4. The van der Waals surface area contributed by atoms with Gasteiger partial charge in [0, 0.05) is 11.8 Å². The molecule has 2 heterocycles. The highest BCUT2D eigenvalue weighted by Crippen LogP contribution is 2.26. The number of aryl methyl sites for hydroxylation is 2. The largest absolute Gasteiger partial charge is 0.421 e. The van der Waals surface area contributed by atoms with Gasteiger partial charge < -0.3 is 4.42 Å². The highest BCUT2D eigenvalue weighted by atomic mass is 32.2. The van der Waals surface area contributed by atoms with E-state index in [9.17, 15) is 13.2 Å². The lowest BCUT2D eigenvalue weighted by molar-refractivity contribution is 0.522. The molecule has 0 fully saturated rings. The predicted molar refractivity (Wildman–Crippen MR) is 86.9 cm³/mol. The summed E-state index contributed by atoms with van der Waals surface area (Å²) >= 11 is 0. The van der Waals surface area contributed by atoms with Crippen molar-refractivity contribution in [3.8, 4) is 11.5 Å². The summed E-state index contributed by atoms with van der Waals surface area (Å²) in [5.41, 5.74) is 1.30. The van der Waals surface area contributed by atoms with Gasteiger partial charge in [-0.3, -0.25) is 0 Å². The predicted octanol–water partition coefficient (Wildman–Crippen LogP) is 2.96. The minimum atomic E-state index is -3.78. The van der Waals surface area contributed by atoms with Crippen molar-refractivity contribution in [3.05, 3.63) is 76.3 Å². The average molecular weight is 329 g/mol. The minimum Gasteiger partial charge on any atom is -0.421 e. The van der Waals surface area contributed by atoms with Crippen LogP contribution in [0.4, 0.5) is 0 Å². The van der Waals surface area contributed by atoms with Gasteiger partial charge in [-0.15, -0.1) is 0 Å². The van der Waals surface area contributed by atoms with Gasteiger partial charge in [-0.05, 0) is 44.2 Å². The highest BCUT2D eigenvalue weighted by molar-refractivity contribution is 7.90. The third-order valence-corrected chi connectivity index (χ3v) is 5.36. The molecule has 0 atom stereocenters. The van der Waals surface area contributed by atoms with Gasteiger partial charge in [0.05, 0.1) is 10.6 Å². The lowest BCUT2D eigenvalue weighted by Crippen LogP contribution is -2.16. The Balaban J connectivity index is 2.22. The molecule has 3 rings (SSSR count). The molecule has 0 N–H and O–H groups in total. The first kappa shape index (κ1) is 15.3.